The van der Waals surface area contributed by atoms with Crippen molar-refractivity contribution in [2.45, 2.75) is 6.92 Å². The summed E-state index contributed by atoms with van der Waals surface area (Å²) in [7, 11) is 0. The summed E-state index contributed by atoms with van der Waals surface area (Å²) in [5, 5.41) is 0. The van der Waals surface area contributed by atoms with Gasteiger partial charge in [-0.25, -0.2) is 4.39 Å². The number of nitrogens with two attached hydrogens (primary N) is 1. The number of nitrogen functional groups attached to an aromatic ring is 1. The smallest absolute Gasteiger partial charge is 0.151 e. The van der Waals surface area contributed by atoms with Gasteiger partial charge in [0.05, 0.1) is 11.9 Å². The van der Waals surface area contributed by atoms with Crippen molar-refractivity contribution in [3.63, 3.8) is 0 Å². The molecule has 0 radical (unpaired) electrons. The summed E-state index contributed by atoms with van der Waals surface area (Å²) in [5.41, 5.74) is 8.00. The van der Waals surface area contributed by atoms with E-state index in [4.69, 9.17) is 5.73 Å². The quantitative estimate of drug-likeness (QED) is 0.772. The van der Waals surface area contributed by atoms with Crippen LogP contribution in [0.5, 0.6) is 0 Å². The fourth-order valence-electron chi connectivity index (χ4n) is 1.38. The second kappa shape index (κ2) is 3.69. The molecule has 0 bridgehead atoms. The Morgan fingerprint density at radius 3 is 2.47 bits per heavy atom. The van der Waals surface area contributed by atoms with Crippen molar-refractivity contribution < 1.29 is 4.39 Å². The highest BCUT2D eigenvalue weighted by atomic mass is 19.1. The van der Waals surface area contributed by atoms with Crippen LogP contribution in [-0.4, -0.2) is 4.98 Å². The van der Waals surface area contributed by atoms with Crippen molar-refractivity contribution in [3.8, 4) is 11.3 Å². The summed E-state index contributed by atoms with van der Waals surface area (Å²) in [6.07, 6.45) is 1.46. The Morgan fingerprint density at radius 2 is 1.87 bits per heavy atom. The maximum atomic E-state index is 13.5. The second-order valence-electron chi connectivity index (χ2n) is 3.47. The average Bonchev–Trinajstić information content (AvgIpc) is 2.20. The Kier molecular flexibility index (Phi) is 2.37. The monoisotopic (exact) mass is 202 g/mol. The molecule has 0 amide bonds. The molecule has 2 N–H and O–H groups in total. The molecule has 15 heavy (non-hydrogen) atoms. The van der Waals surface area contributed by atoms with E-state index in [0.29, 0.717) is 11.4 Å². The predicted molar refractivity (Wildman–Crippen MR) is 58.8 cm³/mol. The summed E-state index contributed by atoms with van der Waals surface area (Å²) >= 11 is 0. The minimum Gasteiger partial charge on any atom is -0.397 e. The summed E-state index contributed by atoms with van der Waals surface area (Å²) in [4.78, 5) is 3.98. The zero-order valence-electron chi connectivity index (χ0n) is 8.37. The lowest BCUT2D eigenvalue weighted by atomic mass is 10.1. The number of anilines is 1. The number of hydrogen-bond donors (Lipinski definition) is 1. The number of halogens is 1. The normalized spacial score (nSPS) is 10.3. The van der Waals surface area contributed by atoms with Gasteiger partial charge in [0.1, 0.15) is 5.69 Å². The fourth-order valence-corrected chi connectivity index (χ4v) is 1.38. The molecule has 0 aliphatic rings. The molecule has 0 saturated carbocycles. The molecule has 0 aliphatic carbocycles. The van der Waals surface area contributed by atoms with Gasteiger partial charge in [0, 0.05) is 11.6 Å². The Balaban J connectivity index is 2.49. The van der Waals surface area contributed by atoms with Crippen LogP contribution in [-0.2, 0) is 0 Å². The highest BCUT2D eigenvalue weighted by Gasteiger charge is 2.06. The lowest BCUT2D eigenvalue weighted by molar-refractivity contribution is 0.626. The van der Waals surface area contributed by atoms with E-state index in [1.54, 1.807) is 0 Å². The molecule has 2 rings (SSSR count). The molecule has 0 spiro atoms. The minimum absolute atomic E-state index is 0.336. The molecule has 0 fully saturated rings. The van der Waals surface area contributed by atoms with Crippen molar-refractivity contribution in [1.29, 1.82) is 0 Å². The average molecular weight is 202 g/mol. The SMILES string of the molecule is Cc1ccc(-c2ncc(N)cc2F)cc1. The summed E-state index contributed by atoms with van der Waals surface area (Å²) in [6, 6.07) is 8.82. The van der Waals surface area contributed by atoms with Gasteiger partial charge in [0.25, 0.3) is 0 Å². The number of aromatic nitrogens is 1. The largest absolute Gasteiger partial charge is 0.397 e. The van der Waals surface area contributed by atoms with Crippen LogP contribution in [0.2, 0.25) is 0 Å². The predicted octanol–water partition coefficient (Wildman–Crippen LogP) is 2.78. The van der Waals surface area contributed by atoms with Crippen molar-refractivity contribution in [3.05, 3.63) is 47.9 Å². The number of rotatable bonds is 1. The molecule has 0 unspecified atom stereocenters. The summed E-state index contributed by atoms with van der Waals surface area (Å²) in [5.74, 6) is -0.390. The Hall–Kier alpha value is -1.90. The van der Waals surface area contributed by atoms with E-state index in [0.717, 1.165) is 11.1 Å². The van der Waals surface area contributed by atoms with Gasteiger partial charge in [-0.2, -0.15) is 0 Å². The van der Waals surface area contributed by atoms with Crippen molar-refractivity contribution in [1.82, 2.24) is 4.98 Å². The summed E-state index contributed by atoms with van der Waals surface area (Å²) < 4.78 is 13.5. The van der Waals surface area contributed by atoms with Gasteiger partial charge in [-0.3, -0.25) is 4.98 Å². The van der Waals surface area contributed by atoms with Gasteiger partial charge < -0.3 is 5.73 Å². The first kappa shape index (κ1) is 9.65. The molecular weight excluding hydrogens is 191 g/mol. The van der Waals surface area contributed by atoms with Crippen molar-refractivity contribution in [2.75, 3.05) is 5.73 Å². The molecule has 0 atom stereocenters. The standard InChI is InChI=1S/C12H11FN2/c1-8-2-4-9(5-3-8)12-11(13)6-10(14)7-15-12/h2-7H,14H2,1H3. The third-order valence-corrected chi connectivity index (χ3v) is 2.19. The van der Waals surface area contributed by atoms with E-state index in [2.05, 4.69) is 4.98 Å². The minimum atomic E-state index is -0.390. The lowest BCUT2D eigenvalue weighted by Gasteiger charge is -2.03. The first-order valence-corrected chi connectivity index (χ1v) is 4.65. The van der Waals surface area contributed by atoms with Crippen LogP contribution in [0.25, 0.3) is 11.3 Å². The highest BCUT2D eigenvalue weighted by Crippen LogP contribution is 2.21. The van der Waals surface area contributed by atoms with E-state index < -0.39 is 0 Å². The van der Waals surface area contributed by atoms with Gasteiger partial charge in [0.15, 0.2) is 5.82 Å². The molecule has 3 heteroatoms. The van der Waals surface area contributed by atoms with Crippen LogP contribution in [0.1, 0.15) is 5.56 Å². The molecule has 1 aromatic carbocycles. The zero-order valence-corrected chi connectivity index (χ0v) is 8.37. The van der Waals surface area contributed by atoms with Crippen molar-refractivity contribution in [2.24, 2.45) is 0 Å². The van der Waals surface area contributed by atoms with Crippen LogP contribution >= 0.6 is 0 Å². The van der Waals surface area contributed by atoms with Gasteiger partial charge in [-0.1, -0.05) is 29.8 Å². The van der Waals surface area contributed by atoms with Crippen LogP contribution in [0.4, 0.5) is 10.1 Å². The maximum Gasteiger partial charge on any atom is 0.151 e. The van der Waals surface area contributed by atoms with Gasteiger partial charge >= 0.3 is 0 Å². The molecule has 2 nitrogen and oxygen atoms in total. The molecule has 1 aromatic heterocycles. The molecule has 2 aromatic rings. The molecule has 0 aliphatic heterocycles. The van der Waals surface area contributed by atoms with Crippen LogP contribution in [0, 0.1) is 12.7 Å². The zero-order chi connectivity index (χ0) is 10.8. The molecular formula is C12H11FN2. The third-order valence-electron chi connectivity index (χ3n) is 2.19. The Bertz CT molecular complexity index is 477. The molecule has 1 heterocycles. The Morgan fingerprint density at radius 1 is 1.20 bits per heavy atom. The molecule has 0 saturated heterocycles. The van der Waals surface area contributed by atoms with Crippen LogP contribution in [0.15, 0.2) is 36.5 Å². The number of nitrogens with zero attached hydrogens (tertiary/aromatic N) is 1. The van der Waals surface area contributed by atoms with E-state index in [1.165, 1.54) is 12.3 Å². The third kappa shape index (κ3) is 1.96. The van der Waals surface area contributed by atoms with E-state index in [9.17, 15) is 4.39 Å². The maximum absolute atomic E-state index is 13.5. The lowest BCUT2D eigenvalue weighted by Crippen LogP contribution is -1.93. The molecule has 76 valence electrons. The van der Waals surface area contributed by atoms with Gasteiger partial charge in [-0.05, 0) is 6.92 Å². The number of hydrogen-bond acceptors (Lipinski definition) is 2. The van der Waals surface area contributed by atoms with Crippen molar-refractivity contribution >= 4 is 5.69 Å². The highest BCUT2D eigenvalue weighted by molar-refractivity contribution is 5.61. The van der Waals surface area contributed by atoms with E-state index in [-0.39, 0.29) is 5.82 Å². The fraction of sp³-hybridized carbons (Fsp3) is 0.0833. The first-order valence-electron chi connectivity index (χ1n) is 4.65. The first-order chi connectivity index (χ1) is 7.16. The van der Waals surface area contributed by atoms with E-state index >= 15 is 0 Å². The van der Waals surface area contributed by atoms with Crippen LogP contribution < -0.4 is 5.73 Å². The van der Waals surface area contributed by atoms with Gasteiger partial charge in [-0.15, -0.1) is 0 Å². The second-order valence-corrected chi connectivity index (χ2v) is 3.47. The summed E-state index contributed by atoms with van der Waals surface area (Å²) in [6.45, 7) is 1.98. The Labute approximate surface area is 87.6 Å². The number of pyridine rings is 1. The van der Waals surface area contributed by atoms with Gasteiger partial charge in [0.2, 0.25) is 0 Å². The number of aryl methyl sites for hydroxylation is 1. The van der Waals surface area contributed by atoms with Crippen LogP contribution in [0.3, 0.4) is 0 Å². The number of benzene rings is 1. The topological polar surface area (TPSA) is 38.9 Å². The van der Waals surface area contributed by atoms with E-state index in [1.807, 2.05) is 31.2 Å².